The van der Waals surface area contributed by atoms with Crippen LogP contribution in [-0.4, -0.2) is 20.6 Å². The topological polar surface area (TPSA) is 75.1 Å². The molecule has 5 heteroatoms. The predicted octanol–water partition coefficient (Wildman–Crippen LogP) is 1.04. The van der Waals surface area contributed by atoms with E-state index in [0.29, 0.717) is 0 Å². The number of benzene rings is 1. The van der Waals surface area contributed by atoms with E-state index in [9.17, 15) is 9.59 Å². The minimum Gasteiger partial charge on any atom is -0.480 e. The average Bonchev–Trinajstić information content (AvgIpc) is 2.73. The van der Waals surface area contributed by atoms with Crippen LogP contribution in [0.2, 0.25) is 0 Å². The number of H-pyrrole nitrogens is 1. The Balaban J connectivity index is 2.29. The smallest absolute Gasteiger partial charge is 0.327 e. The van der Waals surface area contributed by atoms with Gasteiger partial charge in [-0.05, 0) is 5.56 Å². The molecule has 88 valence electrons. The van der Waals surface area contributed by atoms with Crippen LogP contribution in [0.3, 0.4) is 0 Å². The molecule has 1 heterocycles. The van der Waals surface area contributed by atoms with Gasteiger partial charge in [-0.1, -0.05) is 30.3 Å². The number of rotatable bonds is 4. The third-order valence-electron chi connectivity index (χ3n) is 2.57. The molecular formula is C12H12N2O3. The number of carbonyl (C=O) groups is 1. The van der Waals surface area contributed by atoms with Gasteiger partial charge in [0.15, 0.2) is 0 Å². The number of nitrogens with one attached hydrogen (secondary N) is 1. The van der Waals surface area contributed by atoms with E-state index in [-0.39, 0.29) is 6.42 Å². The predicted molar refractivity (Wildman–Crippen MR) is 61.9 cm³/mol. The van der Waals surface area contributed by atoms with Crippen molar-refractivity contribution >= 4 is 5.97 Å². The van der Waals surface area contributed by atoms with Crippen LogP contribution in [0, 0.1) is 0 Å². The zero-order chi connectivity index (χ0) is 12.3. The van der Waals surface area contributed by atoms with Gasteiger partial charge < -0.3 is 10.1 Å². The minimum absolute atomic E-state index is 0.286. The molecule has 1 aromatic heterocycles. The summed E-state index contributed by atoms with van der Waals surface area (Å²) in [5.74, 6) is -1.02. The van der Waals surface area contributed by atoms with Crippen molar-refractivity contribution in [2.75, 3.05) is 0 Å². The molecule has 0 amide bonds. The lowest BCUT2D eigenvalue weighted by atomic mass is 10.1. The van der Waals surface area contributed by atoms with E-state index in [4.69, 9.17) is 5.11 Å². The number of carboxylic acids is 1. The summed E-state index contributed by atoms with van der Waals surface area (Å²) in [6.45, 7) is 0. The van der Waals surface area contributed by atoms with E-state index in [1.54, 1.807) is 0 Å². The fourth-order valence-electron chi connectivity index (χ4n) is 1.72. The summed E-state index contributed by atoms with van der Waals surface area (Å²) in [6, 6.07) is 8.35. The lowest BCUT2D eigenvalue weighted by Gasteiger charge is -2.12. The van der Waals surface area contributed by atoms with E-state index >= 15 is 0 Å². The first-order valence-corrected chi connectivity index (χ1v) is 5.21. The summed E-state index contributed by atoms with van der Waals surface area (Å²) >= 11 is 0. The standard InChI is InChI=1S/C12H12N2O3/c15-11(16)10(14-7-6-13-12(14)17)8-9-4-2-1-3-5-9/h1-7,10H,8H2,(H,13,17)(H,15,16). The van der Waals surface area contributed by atoms with Gasteiger partial charge in [0.05, 0.1) is 0 Å². The van der Waals surface area contributed by atoms with Gasteiger partial charge in [-0.25, -0.2) is 9.59 Å². The number of aromatic nitrogens is 2. The van der Waals surface area contributed by atoms with E-state index < -0.39 is 17.7 Å². The van der Waals surface area contributed by atoms with Crippen LogP contribution in [0.5, 0.6) is 0 Å². The Morgan fingerprint density at radius 1 is 1.35 bits per heavy atom. The second kappa shape index (κ2) is 4.69. The molecule has 0 spiro atoms. The van der Waals surface area contributed by atoms with E-state index in [1.165, 1.54) is 17.0 Å². The third-order valence-corrected chi connectivity index (χ3v) is 2.57. The van der Waals surface area contributed by atoms with Crippen LogP contribution < -0.4 is 5.69 Å². The van der Waals surface area contributed by atoms with Crippen LogP contribution in [0.4, 0.5) is 0 Å². The fraction of sp³-hybridized carbons (Fsp3) is 0.167. The molecular weight excluding hydrogens is 220 g/mol. The van der Waals surface area contributed by atoms with Gasteiger partial charge in [-0.3, -0.25) is 4.57 Å². The van der Waals surface area contributed by atoms with Gasteiger partial charge in [0.1, 0.15) is 6.04 Å². The lowest BCUT2D eigenvalue weighted by Crippen LogP contribution is -2.29. The average molecular weight is 232 g/mol. The summed E-state index contributed by atoms with van der Waals surface area (Å²) in [7, 11) is 0. The van der Waals surface area contributed by atoms with Crippen molar-refractivity contribution in [2.45, 2.75) is 12.5 Å². The van der Waals surface area contributed by atoms with Crippen LogP contribution in [0.25, 0.3) is 0 Å². The second-order valence-corrected chi connectivity index (χ2v) is 3.72. The summed E-state index contributed by atoms with van der Waals surface area (Å²) in [6.07, 6.45) is 3.17. The SMILES string of the molecule is O=C(O)C(Cc1ccccc1)n1cc[nH]c1=O. The summed E-state index contributed by atoms with van der Waals surface area (Å²) < 4.78 is 1.19. The molecule has 2 rings (SSSR count). The molecule has 0 aliphatic rings. The van der Waals surface area contributed by atoms with Crippen molar-refractivity contribution < 1.29 is 9.90 Å². The van der Waals surface area contributed by atoms with Gasteiger partial charge in [0, 0.05) is 18.8 Å². The Morgan fingerprint density at radius 3 is 2.59 bits per heavy atom. The van der Waals surface area contributed by atoms with E-state index in [1.807, 2.05) is 30.3 Å². The van der Waals surface area contributed by atoms with Crippen molar-refractivity contribution in [3.05, 3.63) is 58.8 Å². The number of nitrogens with zero attached hydrogens (tertiary/aromatic N) is 1. The Labute approximate surface area is 97.3 Å². The summed E-state index contributed by atoms with van der Waals surface area (Å²) in [4.78, 5) is 25.0. The quantitative estimate of drug-likeness (QED) is 0.827. The monoisotopic (exact) mass is 232 g/mol. The molecule has 0 fully saturated rings. The molecule has 1 aromatic carbocycles. The highest BCUT2D eigenvalue weighted by Crippen LogP contribution is 2.12. The normalized spacial score (nSPS) is 12.2. The van der Waals surface area contributed by atoms with Crippen molar-refractivity contribution in [3.8, 4) is 0 Å². The van der Waals surface area contributed by atoms with Crippen molar-refractivity contribution in [2.24, 2.45) is 0 Å². The first-order chi connectivity index (χ1) is 8.18. The number of aliphatic carboxylic acids is 1. The largest absolute Gasteiger partial charge is 0.480 e. The number of imidazole rings is 1. The lowest BCUT2D eigenvalue weighted by molar-refractivity contribution is -0.141. The van der Waals surface area contributed by atoms with E-state index in [0.717, 1.165) is 5.56 Å². The van der Waals surface area contributed by atoms with Crippen LogP contribution in [-0.2, 0) is 11.2 Å². The maximum Gasteiger partial charge on any atom is 0.327 e. The van der Waals surface area contributed by atoms with Crippen molar-refractivity contribution in [3.63, 3.8) is 0 Å². The molecule has 0 saturated carbocycles. The first kappa shape index (κ1) is 11.2. The highest BCUT2D eigenvalue weighted by Gasteiger charge is 2.21. The molecule has 2 aromatic rings. The minimum atomic E-state index is -1.02. The van der Waals surface area contributed by atoms with Gasteiger partial charge in [-0.15, -0.1) is 0 Å². The Morgan fingerprint density at radius 2 is 2.06 bits per heavy atom. The third kappa shape index (κ3) is 2.44. The molecule has 0 aliphatic heterocycles. The fourth-order valence-corrected chi connectivity index (χ4v) is 1.72. The molecule has 0 aliphatic carbocycles. The Hall–Kier alpha value is -2.30. The molecule has 1 unspecified atom stereocenters. The molecule has 2 N–H and O–H groups in total. The first-order valence-electron chi connectivity index (χ1n) is 5.21. The van der Waals surface area contributed by atoms with Gasteiger partial charge >= 0.3 is 11.7 Å². The number of hydrogen-bond donors (Lipinski definition) is 2. The van der Waals surface area contributed by atoms with Crippen molar-refractivity contribution in [1.29, 1.82) is 0 Å². The van der Waals surface area contributed by atoms with Gasteiger partial charge in [0.2, 0.25) is 0 Å². The van der Waals surface area contributed by atoms with Crippen molar-refractivity contribution in [1.82, 2.24) is 9.55 Å². The maximum absolute atomic E-state index is 11.4. The number of hydrogen-bond acceptors (Lipinski definition) is 2. The van der Waals surface area contributed by atoms with Gasteiger partial charge in [-0.2, -0.15) is 0 Å². The molecule has 0 saturated heterocycles. The molecule has 5 nitrogen and oxygen atoms in total. The van der Waals surface area contributed by atoms with Crippen LogP contribution in [0.1, 0.15) is 11.6 Å². The van der Waals surface area contributed by atoms with E-state index in [2.05, 4.69) is 4.98 Å². The molecule has 1 atom stereocenters. The molecule has 17 heavy (non-hydrogen) atoms. The Bertz CT molecular complexity index is 556. The zero-order valence-electron chi connectivity index (χ0n) is 9.04. The molecule has 0 radical (unpaired) electrons. The Kier molecular flexibility index (Phi) is 3.09. The zero-order valence-corrected chi connectivity index (χ0v) is 9.04. The second-order valence-electron chi connectivity index (χ2n) is 3.72. The van der Waals surface area contributed by atoms with Gasteiger partial charge in [0.25, 0.3) is 0 Å². The number of carboxylic acid groups (broad SMARTS) is 1. The molecule has 0 bridgehead atoms. The summed E-state index contributed by atoms with van der Waals surface area (Å²) in [5, 5.41) is 9.16. The van der Waals surface area contributed by atoms with Crippen LogP contribution in [0.15, 0.2) is 47.5 Å². The number of aromatic amines is 1. The van der Waals surface area contributed by atoms with Crippen LogP contribution >= 0.6 is 0 Å². The highest BCUT2D eigenvalue weighted by atomic mass is 16.4. The highest BCUT2D eigenvalue weighted by molar-refractivity contribution is 5.72. The maximum atomic E-state index is 11.4. The summed E-state index contributed by atoms with van der Waals surface area (Å²) in [5.41, 5.74) is 0.473.